The van der Waals surface area contributed by atoms with Crippen molar-refractivity contribution in [3.05, 3.63) is 34.9 Å². The van der Waals surface area contributed by atoms with Gasteiger partial charge in [0.25, 0.3) is 5.91 Å². The molecule has 0 heterocycles. The number of amides is 1. The molecular formula is C13H16ClF2NO. The number of aryl methyl sites for hydroxylation is 1. The SMILES string of the molecule is Cc1ccc(F)c(C(=O)NCCCCCCl)c1F. The maximum atomic E-state index is 13.6. The second kappa shape index (κ2) is 7.31. The summed E-state index contributed by atoms with van der Waals surface area (Å²) in [6.45, 7) is 1.88. The Hall–Kier alpha value is -1.16. The number of nitrogens with one attached hydrogen (secondary N) is 1. The molecule has 0 saturated carbocycles. The van der Waals surface area contributed by atoms with Gasteiger partial charge in [0.05, 0.1) is 0 Å². The maximum absolute atomic E-state index is 13.6. The van der Waals surface area contributed by atoms with Crippen LogP contribution in [0.1, 0.15) is 35.2 Å². The third-order valence-corrected chi connectivity index (χ3v) is 2.87. The fourth-order valence-corrected chi connectivity index (χ4v) is 1.74. The highest BCUT2D eigenvalue weighted by Crippen LogP contribution is 2.16. The maximum Gasteiger partial charge on any atom is 0.257 e. The molecule has 1 rings (SSSR count). The number of rotatable bonds is 6. The highest BCUT2D eigenvalue weighted by Gasteiger charge is 2.18. The Morgan fingerprint density at radius 3 is 2.67 bits per heavy atom. The molecule has 0 aliphatic rings. The lowest BCUT2D eigenvalue weighted by molar-refractivity contribution is 0.0944. The van der Waals surface area contributed by atoms with E-state index >= 15 is 0 Å². The Balaban J connectivity index is 2.59. The molecular weight excluding hydrogens is 260 g/mol. The van der Waals surface area contributed by atoms with E-state index in [2.05, 4.69) is 5.32 Å². The van der Waals surface area contributed by atoms with Crippen LogP contribution >= 0.6 is 11.6 Å². The Bertz CT molecular complexity index is 424. The number of carbonyl (C=O) groups is 1. The number of hydrogen-bond acceptors (Lipinski definition) is 1. The molecule has 5 heteroatoms. The summed E-state index contributed by atoms with van der Waals surface area (Å²) in [5, 5.41) is 2.50. The second-order valence-corrected chi connectivity index (χ2v) is 4.44. The highest BCUT2D eigenvalue weighted by atomic mass is 35.5. The van der Waals surface area contributed by atoms with Gasteiger partial charge in [-0.15, -0.1) is 11.6 Å². The van der Waals surface area contributed by atoms with Crippen LogP contribution in [0.25, 0.3) is 0 Å². The lowest BCUT2D eigenvalue weighted by Gasteiger charge is -2.08. The molecule has 18 heavy (non-hydrogen) atoms. The number of unbranched alkanes of at least 4 members (excludes halogenated alkanes) is 2. The first-order chi connectivity index (χ1) is 8.57. The van der Waals surface area contributed by atoms with Crippen LogP contribution < -0.4 is 5.32 Å². The van der Waals surface area contributed by atoms with Crippen molar-refractivity contribution in [2.45, 2.75) is 26.2 Å². The second-order valence-electron chi connectivity index (χ2n) is 4.06. The molecule has 0 atom stereocenters. The van der Waals surface area contributed by atoms with E-state index in [1.807, 2.05) is 0 Å². The Kier molecular flexibility index (Phi) is 6.05. The standard InChI is InChI=1S/C13H16ClF2NO/c1-9-5-6-10(15)11(12(9)16)13(18)17-8-4-2-3-7-14/h5-6H,2-4,7-8H2,1H3,(H,17,18). The zero-order chi connectivity index (χ0) is 13.5. The number of hydrogen-bond donors (Lipinski definition) is 1. The quantitative estimate of drug-likeness (QED) is 0.626. The fourth-order valence-electron chi connectivity index (χ4n) is 1.55. The van der Waals surface area contributed by atoms with Crippen molar-refractivity contribution in [1.82, 2.24) is 5.32 Å². The van der Waals surface area contributed by atoms with Crippen molar-refractivity contribution in [2.24, 2.45) is 0 Å². The van der Waals surface area contributed by atoms with Gasteiger partial charge in [-0.1, -0.05) is 12.5 Å². The highest BCUT2D eigenvalue weighted by molar-refractivity contribution is 6.17. The molecule has 0 aliphatic carbocycles. The zero-order valence-corrected chi connectivity index (χ0v) is 11.0. The molecule has 0 radical (unpaired) electrons. The van der Waals surface area contributed by atoms with Gasteiger partial charge in [-0.3, -0.25) is 4.79 Å². The summed E-state index contributed by atoms with van der Waals surface area (Å²) in [6, 6.07) is 2.41. The fraction of sp³-hybridized carbons (Fsp3) is 0.462. The molecule has 1 aromatic carbocycles. The van der Waals surface area contributed by atoms with Gasteiger partial charge < -0.3 is 5.32 Å². The van der Waals surface area contributed by atoms with Crippen molar-refractivity contribution < 1.29 is 13.6 Å². The van der Waals surface area contributed by atoms with Gasteiger partial charge in [-0.2, -0.15) is 0 Å². The normalized spacial score (nSPS) is 10.4. The molecule has 2 nitrogen and oxygen atoms in total. The Labute approximate surface area is 110 Å². The third kappa shape index (κ3) is 3.95. The van der Waals surface area contributed by atoms with Crippen molar-refractivity contribution in [2.75, 3.05) is 12.4 Å². The van der Waals surface area contributed by atoms with Crippen LogP contribution in [0.4, 0.5) is 8.78 Å². The summed E-state index contributed by atoms with van der Waals surface area (Å²) < 4.78 is 27.0. The van der Waals surface area contributed by atoms with Crippen LogP contribution in [-0.4, -0.2) is 18.3 Å². The van der Waals surface area contributed by atoms with Gasteiger partial charge in [-0.05, 0) is 31.4 Å². The molecule has 100 valence electrons. The van der Waals surface area contributed by atoms with Crippen LogP contribution in [0, 0.1) is 18.6 Å². The van der Waals surface area contributed by atoms with Gasteiger partial charge in [0.15, 0.2) is 0 Å². The minimum absolute atomic E-state index is 0.253. The molecule has 0 aliphatic heterocycles. The predicted octanol–water partition coefficient (Wildman–Crippen LogP) is 3.41. The average molecular weight is 276 g/mol. The van der Waals surface area contributed by atoms with Gasteiger partial charge in [-0.25, -0.2) is 8.78 Å². The average Bonchev–Trinajstić information content (AvgIpc) is 2.34. The monoisotopic (exact) mass is 275 g/mol. The summed E-state index contributed by atoms with van der Waals surface area (Å²) in [4.78, 5) is 11.7. The number of carbonyl (C=O) groups excluding carboxylic acids is 1. The first kappa shape index (κ1) is 14.9. The van der Waals surface area contributed by atoms with Crippen molar-refractivity contribution in [3.8, 4) is 0 Å². The largest absolute Gasteiger partial charge is 0.352 e. The molecule has 0 spiro atoms. The zero-order valence-electron chi connectivity index (χ0n) is 10.2. The van der Waals surface area contributed by atoms with Crippen molar-refractivity contribution >= 4 is 17.5 Å². The van der Waals surface area contributed by atoms with E-state index in [4.69, 9.17) is 11.6 Å². The molecule has 1 aromatic rings. The van der Waals surface area contributed by atoms with Crippen LogP contribution in [-0.2, 0) is 0 Å². The van der Waals surface area contributed by atoms with E-state index in [0.717, 1.165) is 25.3 Å². The Morgan fingerprint density at radius 1 is 1.28 bits per heavy atom. The molecule has 0 bridgehead atoms. The lowest BCUT2D eigenvalue weighted by Crippen LogP contribution is -2.26. The van der Waals surface area contributed by atoms with Gasteiger partial charge in [0.1, 0.15) is 17.2 Å². The van der Waals surface area contributed by atoms with Gasteiger partial charge >= 0.3 is 0 Å². The molecule has 0 fully saturated rings. The van der Waals surface area contributed by atoms with E-state index in [1.165, 1.54) is 13.0 Å². The number of benzene rings is 1. The van der Waals surface area contributed by atoms with E-state index < -0.39 is 23.1 Å². The van der Waals surface area contributed by atoms with E-state index in [1.54, 1.807) is 0 Å². The minimum Gasteiger partial charge on any atom is -0.352 e. The summed E-state index contributed by atoms with van der Waals surface area (Å²) in [5.74, 6) is -1.76. The molecule has 0 aromatic heterocycles. The van der Waals surface area contributed by atoms with Crippen molar-refractivity contribution in [1.29, 1.82) is 0 Å². The topological polar surface area (TPSA) is 29.1 Å². The van der Waals surface area contributed by atoms with E-state index in [0.29, 0.717) is 12.4 Å². The third-order valence-electron chi connectivity index (χ3n) is 2.61. The van der Waals surface area contributed by atoms with Crippen LogP contribution in [0.2, 0.25) is 0 Å². The minimum atomic E-state index is -0.837. The van der Waals surface area contributed by atoms with E-state index in [-0.39, 0.29) is 5.56 Å². The molecule has 0 unspecified atom stereocenters. The summed E-state index contributed by atoms with van der Waals surface area (Å²) in [5.41, 5.74) is -0.254. The van der Waals surface area contributed by atoms with Crippen LogP contribution in [0.3, 0.4) is 0 Å². The predicted molar refractivity (Wildman–Crippen MR) is 68.0 cm³/mol. The summed E-state index contributed by atoms with van der Waals surface area (Å²) in [6.07, 6.45) is 2.49. The Morgan fingerprint density at radius 2 is 2.00 bits per heavy atom. The molecule has 1 N–H and O–H groups in total. The number of alkyl halides is 1. The van der Waals surface area contributed by atoms with Gasteiger partial charge in [0, 0.05) is 12.4 Å². The summed E-state index contributed by atoms with van der Waals surface area (Å²) >= 11 is 5.51. The first-order valence-corrected chi connectivity index (χ1v) is 6.40. The van der Waals surface area contributed by atoms with Gasteiger partial charge in [0.2, 0.25) is 0 Å². The smallest absolute Gasteiger partial charge is 0.257 e. The lowest BCUT2D eigenvalue weighted by atomic mass is 10.1. The van der Waals surface area contributed by atoms with Crippen LogP contribution in [0.5, 0.6) is 0 Å². The van der Waals surface area contributed by atoms with E-state index in [9.17, 15) is 13.6 Å². The summed E-state index contributed by atoms with van der Waals surface area (Å²) in [7, 11) is 0. The number of halogens is 3. The van der Waals surface area contributed by atoms with Crippen LogP contribution in [0.15, 0.2) is 12.1 Å². The first-order valence-electron chi connectivity index (χ1n) is 5.86. The van der Waals surface area contributed by atoms with Crippen molar-refractivity contribution in [3.63, 3.8) is 0 Å². The molecule has 0 saturated heterocycles. The molecule has 1 amide bonds.